The molecule has 4 nitrogen and oxygen atoms in total. The number of hydrogen-bond acceptors (Lipinski definition) is 4. The van der Waals surface area contributed by atoms with Gasteiger partial charge >= 0.3 is 0 Å². The van der Waals surface area contributed by atoms with Gasteiger partial charge in [0.2, 0.25) is 0 Å². The van der Waals surface area contributed by atoms with E-state index in [4.69, 9.17) is 10.5 Å². The maximum atomic E-state index is 5.50. The van der Waals surface area contributed by atoms with Crippen LogP contribution in [0.15, 0.2) is 42.7 Å². The molecule has 82 valence electrons. The lowest BCUT2D eigenvalue weighted by Crippen LogP contribution is -2.22. The van der Waals surface area contributed by atoms with Crippen LogP contribution >= 0.6 is 0 Å². The molecule has 0 spiro atoms. The minimum absolute atomic E-state index is 0.355. The van der Waals surface area contributed by atoms with Crippen LogP contribution < -0.4 is 10.5 Å². The second kappa shape index (κ2) is 4.72. The maximum Gasteiger partial charge on any atom is 0.159 e. The second-order valence-corrected chi connectivity index (χ2v) is 3.43. The predicted molar refractivity (Wildman–Crippen MR) is 61.7 cm³/mol. The zero-order valence-corrected chi connectivity index (χ0v) is 9.00. The summed E-state index contributed by atoms with van der Waals surface area (Å²) >= 11 is 0. The van der Waals surface area contributed by atoms with Crippen molar-refractivity contribution >= 4 is 0 Å². The molecule has 0 aliphatic rings. The van der Waals surface area contributed by atoms with Gasteiger partial charge in [-0.1, -0.05) is 30.3 Å². The molecule has 2 aromatic rings. The molecule has 0 fully saturated rings. The Labute approximate surface area is 94.1 Å². The van der Waals surface area contributed by atoms with E-state index in [0.29, 0.717) is 11.6 Å². The van der Waals surface area contributed by atoms with Gasteiger partial charge < -0.3 is 4.74 Å². The van der Waals surface area contributed by atoms with E-state index in [9.17, 15) is 0 Å². The van der Waals surface area contributed by atoms with Crippen LogP contribution in [0.5, 0.6) is 5.75 Å². The lowest BCUT2D eigenvalue weighted by atomic mass is 10.2. The minimum atomic E-state index is -0.355. The monoisotopic (exact) mass is 215 g/mol. The standard InChI is InChI=1S/C12H13N3O/c1-9(13)16-11-7-14-12(15-8-11)10-5-3-2-4-6-10/h2-9H,13H2,1H3. The molecule has 2 rings (SSSR count). The third-order valence-corrected chi connectivity index (χ3v) is 1.98. The highest BCUT2D eigenvalue weighted by Crippen LogP contribution is 2.15. The molecule has 0 bridgehead atoms. The van der Waals surface area contributed by atoms with Gasteiger partial charge in [-0.05, 0) is 6.92 Å². The van der Waals surface area contributed by atoms with Crippen molar-refractivity contribution < 1.29 is 4.74 Å². The van der Waals surface area contributed by atoms with E-state index < -0.39 is 0 Å². The van der Waals surface area contributed by atoms with Gasteiger partial charge in [-0.25, -0.2) is 9.97 Å². The van der Waals surface area contributed by atoms with Crippen molar-refractivity contribution in [2.45, 2.75) is 13.2 Å². The molecule has 2 N–H and O–H groups in total. The fourth-order valence-electron chi connectivity index (χ4n) is 1.33. The van der Waals surface area contributed by atoms with Gasteiger partial charge in [0.05, 0.1) is 12.4 Å². The quantitative estimate of drug-likeness (QED) is 0.793. The van der Waals surface area contributed by atoms with Crippen LogP contribution in [0.3, 0.4) is 0 Å². The van der Waals surface area contributed by atoms with Crippen molar-refractivity contribution in [1.82, 2.24) is 9.97 Å². The average molecular weight is 215 g/mol. The molecule has 0 saturated carbocycles. The minimum Gasteiger partial charge on any atom is -0.473 e. The molecule has 0 radical (unpaired) electrons. The number of nitrogens with two attached hydrogens (primary N) is 1. The lowest BCUT2D eigenvalue weighted by Gasteiger charge is -2.08. The van der Waals surface area contributed by atoms with Crippen molar-refractivity contribution in [2.75, 3.05) is 0 Å². The van der Waals surface area contributed by atoms with E-state index in [1.54, 1.807) is 19.3 Å². The van der Waals surface area contributed by atoms with Crippen molar-refractivity contribution in [1.29, 1.82) is 0 Å². The number of rotatable bonds is 3. The zero-order chi connectivity index (χ0) is 11.4. The lowest BCUT2D eigenvalue weighted by molar-refractivity contribution is 0.228. The second-order valence-electron chi connectivity index (χ2n) is 3.43. The number of benzene rings is 1. The van der Waals surface area contributed by atoms with Crippen molar-refractivity contribution in [2.24, 2.45) is 5.73 Å². The fourth-order valence-corrected chi connectivity index (χ4v) is 1.33. The van der Waals surface area contributed by atoms with E-state index in [0.717, 1.165) is 5.56 Å². The maximum absolute atomic E-state index is 5.50. The Morgan fingerprint density at radius 1 is 1.12 bits per heavy atom. The first-order valence-electron chi connectivity index (χ1n) is 5.05. The average Bonchev–Trinajstić information content (AvgIpc) is 2.30. The SMILES string of the molecule is CC(N)Oc1cnc(-c2ccccc2)nc1. The van der Waals surface area contributed by atoms with Crippen molar-refractivity contribution in [3.05, 3.63) is 42.7 Å². The summed E-state index contributed by atoms with van der Waals surface area (Å²) < 4.78 is 5.26. The molecule has 1 atom stereocenters. The summed E-state index contributed by atoms with van der Waals surface area (Å²) in [6.45, 7) is 1.76. The van der Waals surface area contributed by atoms with E-state index in [-0.39, 0.29) is 6.23 Å². The molecule has 1 unspecified atom stereocenters. The predicted octanol–water partition coefficient (Wildman–Crippen LogP) is 1.83. The highest BCUT2D eigenvalue weighted by molar-refractivity contribution is 5.54. The summed E-state index contributed by atoms with van der Waals surface area (Å²) in [5.74, 6) is 1.26. The van der Waals surface area contributed by atoms with Crippen LogP contribution in [-0.2, 0) is 0 Å². The van der Waals surface area contributed by atoms with Gasteiger partial charge in [0.1, 0.15) is 6.23 Å². The van der Waals surface area contributed by atoms with Gasteiger partial charge in [0, 0.05) is 5.56 Å². The molecule has 1 aromatic heterocycles. The zero-order valence-electron chi connectivity index (χ0n) is 9.00. The first-order chi connectivity index (χ1) is 7.75. The number of aromatic nitrogens is 2. The third-order valence-electron chi connectivity index (χ3n) is 1.98. The molecule has 1 aromatic carbocycles. The molecule has 0 saturated heterocycles. The van der Waals surface area contributed by atoms with Gasteiger partial charge in [0.25, 0.3) is 0 Å². The van der Waals surface area contributed by atoms with Crippen LogP contribution in [0.4, 0.5) is 0 Å². The first kappa shape index (κ1) is 10.6. The van der Waals surface area contributed by atoms with Crippen LogP contribution in [0.1, 0.15) is 6.92 Å². The van der Waals surface area contributed by atoms with Crippen LogP contribution in [-0.4, -0.2) is 16.2 Å². The molecule has 0 aliphatic carbocycles. The summed E-state index contributed by atoms with van der Waals surface area (Å²) in [5.41, 5.74) is 6.48. The Morgan fingerprint density at radius 3 is 2.31 bits per heavy atom. The summed E-state index contributed by atoms with van der Waals surface area (Å²) in [5, 5.41) is 0. The Morgan fingerprint density at radius 2 is 1.75 bits per heavy atom. The fraction of sp³-hybridized carbons (Fsp3) is 0.167. The third kappa shape index (κ3) is 2.55. The summed E-state index contributed by atoms with van der Waals surface area (Å²) in [6, 6.07) is 9.77. The highest BCUT2D eigenvalue weighted by atomic mass is 16.5. The Balaban J connectivity index is 2.20. The van der Waals surface area contributed by atoms with Crippen LogP contribution in [0, 0.1) is 0 Å². The molecule has 4 heteroatoms. The Hall–Kier alpha value is -1.94. The number of nitrogens with zero attached hydrogens (tertiary/aromatic N) is 2. The number of ether oxygens (including phenoxy) is 1. The van der Waals surface area contributed by atoms with Gasteiger partial charge in [0.15, 0.2) is 11.6 Å². The topological polar surface area (TPSA) is 61.0 Å². The summed E-state index contributed by atoms with van der Waals surface area (Å²) in [6.07, 6.45) is 2.89. The van der Waals surface area contributed by atoms with Gasteiger partial charge in [-0.15, -0.1) is 0 Å². The molecular weight excluding hydrogens is 202 g/mol. The van der Waals surface area contributed by atoms with Crippen molar-refractivity contribution in [3.63, 3.8) is 0 Å². The summed E-state index contributed by atoms with van der Waals surface area (Å²) in [7, 11) is 0. The van der Waals surface area contributed by atoms with Gasteiger partial charge in [-0.2, -0.15) is 0 Å². The largest absolute Gasteiger partial charge is 0.473 e. The van der Waals surface area contributed by atoms with E-state index in [1.165, 1.54) is 0 Å². The molecule has 1 heterocycles. The van der Waals surface area contributed by atoms with E-state index in [2.05, 4.69) is 9.97 Å². The van der Waals surface area contributed by atoms with E-state index >= 15 is 0 Å². The smallest absolute Gasteiger partial charge is 0.159 e. The first-order valence-corrected chi connectivity index (χ1v) is 5.05. The Bertz CT molecular complexity index is 440. The molecule has 16 heavy (non-hydrogen) atoms. The summed E-state index contributed by atoms with van der Waals surface area (Å²) in [4.78, 5) is 8.42. The molecule has 0 aliphatic heterocycles. The highest BCUT2D eigenvalue weighted by Gasteiger charge is 2.02. The van der Waals surface area contributed by atoms with Crippen LogP contribution in [0.2, 0.25) is 0 Å². The molecule has 0 amide bonds. The van der Waals surface area contributed by atoms with Gasteiger partial charge in [-0.3, -0.25) is 5.73 Å². The van der Waals surface area contributed by atoms with Crippen molar-refractivity contribution in [3.8, 4) is 17.1 Å². The number of hydrogen-bond donors (Lipinski definition) is 1. The van der Waals surface area contributed by atoms with Crippen LogP contribution in [0.25, 0.3) is 11.4 Å². The normalized spacial score (nSPS) is 12.1. The Kier molecular flexibility index (Phi) is 3.12. The van der Waals surface area contributed by atoms with E-state index in [1.807, 2.05) is 30.3 Å². The molecular formula is C12H13N3O.